The van der Waals surface area contributed by atoms with Crippen LogP contribution < -0.4 is 9.64 Å². The van der Waals surface area contributed by atoms with E-state index in [0.717, 1.165) is 66.9 Å². The maximum atomic E-state index is 11.9. The lowest BCUT2D eigenvalue weighted by molar-refractivity contribution is 0.119. The van der Waals surface area contributed by atoms with Gasteiger partial charge >= 0.3 is 6.09 Å². The van der Waals surface area contributed by atoms with E-state index < -0.39 is 6.09 Å². The second kappa shape index (κ2) is 7.06. The summed E-state index contributed by atoms with van der Waals surface area (Å²) in [4.78, 5) is 15.7. The van der Waals surface area contributed by atoms with Crippen molar-refractivity contribution >= 4 is 11.8 Å². The maximum absolute atomic E-state index is 11.9. The molecule has 0 bridgehead atoms. The summed E-state index contributed by atoms with van der Waals surface area (Å²) in [7, 11) is 2.12. The van der Waals surface area contributed by atoms with Crippen molar-refractivity contribution in [1.82, 2.24) is 14.7 Å². The normalized spacial score (nSPS) is 22.7. The number of fused-ring (bicyclic) bond motifs is 1. The van der Waals surface area contributed by atoms with E-state index in [1.165, 1.54) is 11.3 Å². The Morgan fingerprint density at radius 2 is 2.03 bits per heavy atom. The molecule has 5 rings (SSSR count). The zero-order chi connectivity index (χ0) is 20.1. The van der Waals surface area contributed by atoms with E-state index in [-0.39, 0.29) is 12.1 Å². The quantitative estimate of drug-likeness (QED) is 0.851. The van der Waals surface area contributed by atoms with E-state index in [4.69, 9.17) is 4.74 Å². The van der Waals surface area contributed by atoms with Gasteiger partial charge in [0, 0.05) is 42.0 Å². The fourth-order valence-electron chi connectivity index (χ4n) is 4.62. The van der Waals surface area contributed by atoms with Gasteiger partial charge in [-0.25, -0.2) is 4.79 Å². The molecule has 2 fully saturated rings. The summed E-state index contributed by atoms with van der Waals surface area (Å²) in [5.74, 6) is 0.857. The molecule has 1 aliphatic carbocycles. The molecule has 3 aliphatic rings. The molecule has 1 aromatic heterocycles. The monoisotopic (exact) mass is 396 g/mol. The van der Waals surface area contributed by atoms with E-state index in [1.54, 1.807) is 0 Å². The van der Waals surface area contributed by atoms with Crippen LogP contribution in [-0.4, -0.2) is 58.2 Å². The molecule has 0 radical (unpaired) electrons. The summed E-state index contributed by atoms with van der Waals surface area (Å²) in [6, 6.07) is 4.34. The molecule has 2 aromatic rings. The molecule has 3 heterocycles. The summed E-state index contributed by atoms with van der Waals surface area (Å²) < 4.78 is 8.51. The summed E-state index contributed by atoms with van der Waals surface area (Å²) >= 11 is 0. The molecule has 7 nitrogen and oxygen atoms in total. The van der Waals surface area contributed by atoms with Gasteiger partial charge in [-0.3, -0.25) is 9.58 Å². The van der Waals surface area contributed by atoms with Crippen molar-refractivity contribution in [2.75, 3.05) is 25.0 Å². The minimum absolute atomic E-state index is 0.0271. The average Bonchev–Trinajstić information content (AvgIpc) is 3.10. The molecule has 1 N–H and O–H groups in total. The SMILES string of the molecule is CC1CCc2c(ccc(-c3cnn(C4CN(C)C4)c3)c2OC2CCC2)N1C(=O)O. The van der Waals surface area contributed by atoms with Gasteiger partial charge in [-0.2, -0.15) is 5.10 Å². The molecule has 1 amide bonds. The third-order valence-electron chi connectivity index (χ3n) is 6.62. The van der Waals surface area contributed by atoms with E-state index in [1.807, 2.05) is 29.9 Å². The van der Waals surface area contributed by atoms with Gasteiger partial charge in [-0.15, -0.1) is 0 Å². The molecule has 0 spiro atoms. The van der Waals surface area contributed by atoms with Gasteiger partial charge in [0.25, 0.3) is 0 Å². The van der Waals surface area contributed by atoms with Gasteiger partial charge in [-0.05, 0) is 58.2 Å². The zero-order valence-electron chi connectivity index (χ0n) is 17.0. The third kappa shape index (κ3) is 3.17. The molecule has 1 unspecified atom stereocenters. The highest BCUT2D eigenvalue weighted by atomic mass is 16.5. The van der Waals surface area contributed by atoms with Gasteiger partial charge in [0.1, 0.15) is 5.75 Å². The molecule has 1 saturated carbocycles. The average molecular weight is 396 g/mol. The topological polar surface area (TPSA) is 70.8 Å². The number of ether oxygens (including phenoxy) is 1. The zero-order valence-corrected chi connectivity index (χ0v) is 17.0. The Kier molecular flexibility index (Phi) is 4.50. The number of hydrogen-bond acceptors (Lipinski definition) is 4. The fraction of sp³-hybridized carbons (Fsp3) is 0.545. The standard InChI is InChI=1S/C22H28N4O3/c1-14-6-7-19-20(26(14)22(27)28)9-8-18(21(19)29-17-4-3-5-17)15-10-23-25(11-15)16-12-24(2)13-16/h8-11,14,16-17H,3-7,12-13H2,1-2H3,(H,27,28). The van der Waals surface area contributed by atoms with Crippen LogP contribution in [0.4, 0.5) is 10.5 Å². The first-order valence-electron chi connectivity index (χ1n) is 10.6. The first-order chi connectivity index (χ1) is 14.0. The van der Waals surface area contributed by atoms with Crippen molar-refractivity contribution in [1.29, 1.82) is 0 Å². The molecular formula is C22H28N4O3. The maximum Gasteiger partial charge on any atom is 0.412 e. The van der Waals surface area contributed by atoms with Crippen molar-refractivity contribution < 1.29 is 14.6 Å². The Balaban J connectivity index is 1.55. The number of nitrogens with zero attached hydrogens (tertiary/aromatic N) is 4. The fourth-order valence-corrected chi connectivity index (χ4v) is 4.62. The Hall–Kier alpha value is -2.54. The number of carbonyl (C=O) groups is 1. The molecule has 1 saturated heterocycles. The molecule has 1 aromatic carbocycles. The second-order valence-corrected chi connectivity index (χ2v) is 8.74. The molecule has 7 heteroatoms. The van der Waals surface area contributed by atoms with E-state index in [9.17, 15) is 9.90 Å². The number of carboxylic acid groups (broad SMARTS) is 1. The number of benzene rings is 1. The highest BCUT2D eigenvalue weighted by molar-refractivity contribution is 5.91. The highest BCUT2D eigenvalue weighted by Crippen LogP contribution is 2.44. The minimum Gasteiger partial charge on any atom is -0.489 e. The van der Waals surface area contributed by atoms with Crippen molar-refractivity contribution in [2.45, 2.75) is 57.2 Å². The predicted molar refractivity (Wildman–Crippen MR) is 111 cm³/mol. The minimum atomic E-state index is -0.900. The summed E-state index contributed by atoms with van der Waals surface area (Å²) in [5, 5.41) is 14.4. The first-order valence-corrected chi connectivity index (χ1v) is 10.6. The second-order valence-electron chi connectivity index (χ2n) is 8.74. The van der Waals surface area contributed by atoms with Crippen LogP contribution >= 0.6 is 0 Å². The van der Waals surface area contributed by atoms with Gasteiger partial charge in [-0.1, -0.05) is 0 Å². The first kappa shape index (κ1) is 18.5. The number of likely N-dealkylation sites (N-methyl/N-ethyl adjacent to an activating group) is 1. The van der Waals surface area contributed by atoms with E-state index in [0.29, 0.717) is 6.04 Å². The van der Waals surface area contributed by atoms with E-state index in [2.05, 4.69) is 23.2 Å². The van der Waals surface area contributed by atoms with Crippen molar-refractivity contribution in [3.8, 4) is 16.9 Å². The lowest BCUT2D eigenvalue weighted by atomic mass is 9.91. The molecule has 1 atom stereocenters. The Bertz CT molecular complexity index is 930. The summed E-state index contributed by atoms with van der Waals surface area (Å²) in [6.45, 7) is 4.00. The van der Waals surface area contributed by atoms with Crippen LogP contribution in [0.25, 0.3) is 11.1 Å². The van der Waals surface area contributed by atoms with Crippen LogP contribution in [0.1, 0.15) is 44.2 Å². The summed E-state index contributed by atoms with van der Waals surface area (Å²) in [5.41, 5.74) is 3.85. The Labute approximate surface area is 170 Å². The molecular weight excluding hydrogens is 368 g/mol. The number of anilines is 1. The van der Waals surface area contributed by atoms with Crippen LogP contribution in [0.3, 0.4) is 0 Å². The highest BCUT2D eigenvalue weighted by Gasteiger charge is 2.33. The number of amides is 1. The van der Waals surface area contributed by atoms with Gasteiger partial charge < -0.3 is 14.7 Å². The van der Waals surface area contributed by atoms with E-state index >= 15 is 0 Å². The van der Waals surface area contributed by atoms with Gasteiger partial charge in [0.2, 0.25) is 0 Å². The van der Waals surface area contributed by atoms with Gasteiger partial charge in [0.15, 0.2) is 0 Å². The number of rotatable bonds is 4. The van der Waals surface area contributed by atoms with Crippen LogP contribution in [0.15, 0.2) is 24.5 Å². The number of hydrogen-bond donors (Lipinski definition) is 1. The summed E-state index contributed by atoms with van der Waals surface area (Å²) in [6.07, 6.45) is 8.30. The lowest BCUT2D eigenvalue weighted by Crippen LogP contribution is -2.45. The molecule has 154 valence electrons. The number of aromatic nitrogens is 2. The largest absolute Gasteiger partial charge is 0.489 e. The molecule has 2 aliphatic heterocycles. The molecule has 29 heavy (non-hydrogen) atoms. The Morgan fingerprint density at radius 3 is 2.69 bits per heavy atom. The van der Waals surface area contributed by atoms with Crippen LogP contribution in [0.2, 0.25) is 0 Å². The van der Waals surface area contributed by atoms with Crippen molar-refractivity contribution in [3.05, 3.63) is 30.1 Å². The van der Waals surface area contributed by atoms with Crippen LogP contribution in [0.5, 0.6) is 5.75 Å². The lowest BCUT2D eigenvalue weighted by Gasteiger charge is -2.36. The van der Waals surface area contributed by atoms with Crippen molar-refractivity contribution in [2.24, 2.45) is 0 Å². The Morgan fingerprint density at radius 1 is 1.24 bits per heavy atom. The van der Waals surface area contributed by atoms with Crippen LogP contribution in [-0.2, 0) is 6.42 Å². The third-order valence-corrected chi connectivity index (χ3v) is 6.62. The smallest absolute Gasteiger partial charge is 0.412 e. The number of likely N-dealkylation sites (tertiary alicyclic amines) is 1. The van der Waals surface area contributed by atoms with Gasteiger partial charge in [0.05, 0.1) is 24.0 Å². The van der Waals surface area contributed by atoms with Crippen molar-refractivity contribution in [3.63, 3.8) is 0 Å². The van der Waals surface area contributed by atoms with Crippen LogP contribution in [0, 0.1) is 0 Å². The predicted octanol–water partition coefficient (Wildman–Crippen LogP) is 3.79.